The highest BCUT2D eigenvalue weighted by molar-refractivity contribution is 4.74. The van der Waals surface area contributed by atoms with Crippen LogP contribution in [0.4, 0.5) is 0 Å². The SMILES string of the molecule is COC1COC(C)(C)OC1C. The van der Waals surface area contributed by atoms with E-state index in [2.05, 4.69) is 0 Å². The van der Waals surface area contributed by atoms with Gasteiger partial charge in [-0.1, -0.05) is 0 Å². The third-order valence-corrected chi connectivity index (χ3v) is 1.89. The van der Waals surface area contributed by atoms with Crippen molar-refractivity contribution in [1.29, 1.82) is 0 Å². The average Bonchev–Trinajstić information content (AvgIpc) is 1.86. The predicted octanol–water partition coefficient (Wildman–Crippen LogP) is 1.17. The van der Waals surface area contributed by atoms with Crippen LogP contribution in [0.1, 0.15) is 20.8 Å². The smallest absolute Gasteiger partial charge is 0.163 e. The Kier molecular flexibility index (Phi) is 2.52. The molecule has 0 aromatic carbocycles. The molecule has 2 atom stereocenters. The summed E-state index contributed by atoms with van der Waals surface area (Å²) in [4.78, 5) is 0. The normalized spacial score (nSPS) is 37.1. The second kappa shape index (κ2) is 3.09. The molecule has 1 heterocycles. The Hall–Kier alpha value is -0.120. The Labute approximate surface area is 67.6 Å². The molecule has 66 valence electrons. The summed E-state index contributed by atoms with van der Waals surface area (Å²) in [6.45, 7) is 6.44. The Balaban J connectivity index is 2.48. The summed E-state index contributed by atoms with van der Waals surface area (Å²) in [5.41, 5.74) is 0. The van der Waals surface area contributed by atoms with Crippen molar-refractivity contribution in [3.8, 4) is 0 Å². The van der Waals surface area contributed by atoms with Crippen LogP contribution < -0.4 is 0 Å². The largest absolute Gasteiger partial charge is 0.376 e. The van der Waals surface area contributed by atoms with Gasteiger partial charge >= 0.3 is 0 Å². The molecule has 0 bridgehead atoms. The maximum Gasteiger partial charge on any atom is 0.163 e. The molecule has 0 saturated carbocycles. The summed E-state index contributed by atoms with van der Waals surface area (Å²) in [5, 5.41) is 0. The van der Waals surface area contributed by atoms with E-state index in [1.807, 2.05) is 20.8 Å². The van der Waals surface area contributed by atoms with Crippen LogP contribution in [0, 0.1) is 0 Å². The maximum atomic E-state index is 5.53. The molecule has 1 fully saturated rings. The van der Waals surface area contributed by atoms with Crippen LogP contribution in [0.15, 0.2) is 0 Å². The van der Waals surface area contributed by atoms with Gasteiger partial charge in [-0.2, -0.15) is 0 Å². The first-order valence-corrected chi connectivity index (χ1v) is 3.90. The second-order valence-electron chi connectivity index (χ2n) is 3.31. The minimum absolute atomic E-state index is 0.0722. The maximum absolute atomic E-state index is 5.53. The van der Waals surface area contributed by atoms with E-state index in [4.69, 9.17) is 14.2 Å². The third kappa shape index (κ3) is 2.15. The highest BCUT2D eigenvalue weighted by Crippen LogP contribution is 2.22. The van der Waals surface area contributed by atoms with Crippen molar-refractivity contribution in [3.05, 3.63) is 0 Å². The molecule has 11 heavy (non-hydrogen) atoms. The fourth-order valence-corrected chi connectivity index (χ4v) is 1.24. The molecule has 0 N–H and O–H groups in total. The highest BCUT2D eigenvalue weighted by atomic mass is 16.7. The van der Waals surface area contributed by atoms with Crippen molar-refractivity contribution in [2.24, 2.45) is 0 Å². The first kappa shape index (κ1) is 8.97. The van der Waals surface area contributed by atoms with Crippen LogP contribution in [0.2, 0.25) is 0 Å². The van der Waals surface area contributed by atoms with Gasteiger partial charge in [0.05, 0.1) is 12.7 Å². The van der Waals surface area contributed by atoms with Gasteiger partial charge < -0.3 is 14.2 Å². The van der Waals surface area contributed by atoms with Crippen molar-refractivity contribution in [1.82, 2.24) is 0 Å². The molecular formula is C8H16O3. The van der Waals surface area contributed by atoms with Crippen molar-refractivity contribution in [2.45, 2.75) is 38.8 Å². The molecule has 0 spiro atoms. The number of ether oxygens (including phenoxy) is 3. The van der Waals surface area contributed by atoms with Crippen molar-refractivity contribution in [3.63, 3.8) is 0 Å². The van der Waals surface area contributed by atoms with E-state index < -0.39 is 5.79 Å². The molecule has 1 rings (SSSR count). The molecule has 0 aliphatic carbocycles. The Morgan fingerprint density at radius 3 is 2.55 bits per heavy atom. The zero-order valence-electron chi connectivity index (χ0n) is 7.59. The van der Waals surface area contributed by atoms with Crippen LogP contribution in [0.3, 0.4) is 0 Å². The van der Waals surface area contributed by atoms with Gasteiger partial charge in [0.25, 0.3) is 0 Å². The van der Waals surface area contributed by atoms with Gasteiger partial charge in [-0.25, -0.2) is 0 Å². The van der Waals surface area contributed by atoms with E-state index in [1.54, 1.807) is 7.11 Å². The fourth-order valence-electron chi connectivity index (χ4n) is 1.24. The van der Waals surface area contributed by atoms with E-state index in [0.717, 1.165) is 0 Å². The summed E-state index contributed by atoms with van der Waals surface area (Å²) in [7, 11) is 1.67. The van der Waals surface area contributed by atoms with Crippen LogP contribution in [-0.4, -0.2) is 31.7 Å². The highest BCUT2D eigenvalue weighted by Gasteiger charge is 2.33. The molecule has 1 aliphatic heterocycles. The van der Waals surface area contributed by atoms with E-state index in [1.165, 1.54) is 0 Å². The Morgan fingerprint density at radius 1 is 1.45 bits per heavy atom. The van der Waals surface area contributed by atoms with Gasteiger partial charge in [0.15, 0.2) is 5.79 Å². The second-order valence-corrected chi connectivity index (χ2v) is 3.31. The average molecular weight is 160 g/mol. The number of hydrogen-bond donors (Lipinski definition) is 0. The lowest BCUT2D eigenvalue weighted by molar-refractivity contribution is -0.302. The summed E-state index contributed by atoms with van der Waals surface area (Å²) in [6.07, 6.45) is 0.187. The van der Waals surface area contributed by atoms with Crippen LogP contribution in [0.5, 0.6) is 0 Å². The monoisotopic (exact) mass is 160 g/mol. The molecule has 0 aromatic heterocycles. The molecule has 0 amide bonds. The first-order chi connectivity index (χ1) is 5.05. The van der Waals surface area contributed by atoms with Crippen molar-refractivity contribution in [2.75, 3.05) is 13.7 Å². The van der Waals surface area contributed by atoms with E-state index in [-0.39, 0.29) is 12.2 Å². The van der Waals surface area contributed by atoms with E-state index >= 15 is 0 Å². The molecule has 2 unspecified atom stereocenters. The van der Waals surface area contributed by atoms with Gasteiger partial charge in [0.2, 0.25) is 0 Å². The molecule has 1 saturated heterocycles. The summed E-state index contributed by atoms with van der Waals surface area (Å²) < 4.78 is 16.1. The molecule has 1 aliphatic rings. The third-order valence-electron chi connectivity index (χ3n) is 1.89. The molecule has 0 aromatic rings. The summed E-state index contributed by atoms with van der Waals surface area (Å²) in [5.74, 6) is -0.450. The van der Waals surface area contributed by atoms with Gasteiger partial charge in [-0.05, 0) is 20.8 Å². The fraction of sp³-hybridized carbons (Fsp3) is 1.00. The van der Waals surface area contributed by atoms with Crippen LogP contribution >= 0.6 is 0 Å². The Bertz CT molecular complexity index is 133. The minimum Gasteiger partial charge on any atom is -0.376 e. The number of methoxy groups -OCH3 is 1. The topological polar surface area (TPSA) is 27.7 Å². The molecule has 0 radical (unpaired) electrons. The zero-order valence-corrected chi connectivity index (χ0v) is 7.59. The lowest BCUT2D eigenvalue weighted by Gasteiger charge is -2.38. The molecular weight excluding hydrogens is 144 g/mol. The minimum atomic E-state index is -0.450. The Morgan fingerprint density at radius 2 is 2.09 bits per heavy atom. The summed E-state index contributed by atoms with van der Waals surface area (Å²) >= 11 is 0. The van der Waals surface area contributed by atoms with Gasteiger partial charge in [0, 0.05) is 7.11 Å². The number of rotatable bonds is 1. The standard InChI is InChI=1S/C8H16O3/c1-6-7(9-4)5-10-8(2,3)11-6/h6-7H,5H2,1-4H3. The van der Waals surface area contributed by atoms with E-state index in [9.17, 15) is 0 Å². The van der Waals surface area contributed by atoms with E-state index in [0.29, 0.717) is 6.61 Å². The van der Waals surface area contributed by atoms with Gasteiger partial charge in [0.1, 0.15) is 6.10 Å². The summed E-state index contributed by atoms with van der Waals surface area (Å²) in [6, 6.07) is 0. The lowest BCUT2D eigenvalue weighted by Crippen LogP contribution is -2.47. The van der Waals surface area contributed by atoms with Crippen LogP contribution in [-0.2, 0) is 14.2 Å². The lowest BCUT2D eigenvalue weighted by atomic mass is 10.2. The van der Waals surface area contributed by atoms with Crippen molar-refractivity contribution < 1.29 is 14.2 Å². The van der Waals surface area contributed by atoms with Gasteiger partial charge in [-0.3, -0.25) is 0 Å². The molecule has 3 heteroatoms. The van der Waals surface area contributed by atoms with Crippen LogP contribution in [0.25, 0.3) is 0 Å². The molecule has 3 nitrogen and oxygen atoms in total. The van der Waals surface area contributed by atoms with Crippen molar-refractivity contribution >= 4 is 0 Å². The number of hydrogen-bond acceptors (Lipinski definition) is 3. The van der Waals surface area contributed by atoms with Gasteiger partial charge in [-0.15, -0.1) is 0 Å². The predicted molar refractivity (Wildman–Crippen MR) is 41.4 cm³/mol. The first-order valence-electron chi connectivity index (χ1n) is 3.90. The zero-order chi connectivity index (χ0) is 8.48. The quantitative estimate of drug-likeness (QED) is 0.576.